The maximum Gasteiger partial charge on any atom is 0.244 e. The van der Waals surface area contributed by atoms with Gasteiger partial charge in [-0.1, -0.05) is 13.3 Å². The van der Waals surface area contributed by atoms with Crippen molar-refractivity contribution in [2.75, 3.05) is 11.6 Å². The topological polar surface area (TPSA) is 55.1 Å². The maximum absolute atomic E-state index is 11.9. The number of amides is 1. The highest BCUT2D eigenvalue weighted by Crippen LogP contribution is 2.19. The van der Waals surface area contributed by atoms with Gasteiger partial charge in [-0.15, -0.1) is 11.8 Å². The Morgan fingerprint density at radius 2 is 2.00 bits per heavy atom. The SMILES string of the molecule is CCCC(C)(N)C(=O)Nc1ccc(SC)cc1. The fourth-order valence-corrected chi connectivity index (χ4v) is 1.99. The number of benzene rings is 1. The molecule has 1 unspecified atom stereocenters. The second-order valence-corrected chi connectivity index (χ2v) is 5.23. The molecule has 0 aliphatic carbocycles. The van der Waals surface area contributed by atoms with Crippen molar-refractivity contribution >= 4 is 23.4 Å². The lowest BCUT2D eigenvalue weighted by Crippen LogP contribution is -2.48. The first-order chi connectivity index (χ1) is 7.99. The molecule has 1 rings (SSSR count). The summed E-state index contributed by atoms with van der Waals surface area (Å²) in [5.74, 6) is -0.128. The van der Waals surface area contributed by atoms with Crippen molar-refractivity contribution in [2.24, 2.45) is 5.73 Å². The normalized spacial score (nSPS) is 14.1. The molecule has 0 aromatic heterocycles. The van der Waals surface area contributed by atoms with Crippen LogP contribution in [0, 0.1) is 0 Å². The van der Waals surface area contributed by atoms with E-state index >= 15 is 0 Å². The number of nitrogens with two attached hydrogens (primary N) is 1. The fraction of sp³-hybridized carbons (Fsp3) is 0.462. The van der Waals surface area contributed by atoms with E-state index < -0.39 is 5.54 Å². The molecule has 0 saturated carbocycles. The van der Waals surface area contributed by atoms with Crippen LogP contribution in [0.5, 0.6) is 0 Å². The lowest BCUT2D eigenvalue weighted by molar-refractivity contribution is -0.120. The Hall–Kier alpha value is -1.00. The standard InChI is InChI=1S/C13H20N2OS/c1-4-9-13(2,14)12(16)15-10-5-7-11(17-3)8-6-10/h5-8H,4,9,14H2,1-3H3,(H,15,16). The van der Waals surface area contributed by atoms with Crippen molar-refractivity contribution < 1.29 is 4.79 Å². The molecule has 0 aliphatic rings. The molecule has 17 heavy (non-hydrogen) atoms. The molecule has 3 N–H and O–H groups in total. The number of hydrogen-bond acceptors (Lipinski definition) is 3. The Morgan fingerprint density at radius 1 is 1.41 bits per heavy atom. The van der Waals surface area contributed by atoms with Crippen molar-refractivity contribution in [2.45, 2.75) is 37.1 Å². The fourth-order valence-electron chi connectivity index (χ4n) is 1.58. The van der Waals surface area contributed by atoms with Gasteiger partial charge in [0.05, 0.1) is 5.54 Å². The monoisotopic (exact) mass is 252 g/mol. The molecular weight excluding hydrogens is 232 g/mol. The highest BCUT2D eigenvalue weighted by Gasteiger charge is 2.26. The molecule has 0 saturated heterocycles. The Kier molecular flexibility index (Phi) is 5.02. The molecule has 1 aromatic carbocycles. The third-order valence-corrected chi connectivity index (χ3v) is 3.38. The number of rotatable bonds is 5. The zero-order valence-electron chi connectivity index (χ0n) is 10.6. The van der Waals surface area contributed by atoms with Crippen molar-refractivity contribution in [3.8, 4) is 0 Å². The molecule has 0 heterocycles. The second kappa shape index (κ2) is 6.07. The number of carbonyl (C=O) groups excluding carboxylic acids is 1. The van der Waals surface area contributed by atoms with Gasteiger partial charge in [-0.3, -0.25) is 4.79 Å². The van der Waals surface area contributed by atoms with Crippen molar-refractivity contribution in [1.82, 2.24) is 0 Å². The van der Waals surface area contributed by atoms with Crippen molar-refractivity contribution in [3.63, 3.8) is 0 Å². The average Bonchev–Trinajstić information content (AvgIpc) is 2.30. The van der Waals surface area contributed by atoms with Crippen LogP contribution in [-0.4, -0.2) is 17.7 Å². The summed E-state index contributed by atoms with van der Waals surface area (Å²) in [5.41, 5.74) is 5.95. The van der Waals surface area contributed by atoms with Gasteiger partial charge in [0.15, 0.2) is 0 Å². The quantitative estimate of drug-likeness (QED) is 0.792. The molecule has 3 nitrogen and oxygen atoms in total. The third kappa shape index (κ3) is 4.06. The molecular formula is C13H20N2OS. The molecule has 0 aliphatic heterocycles. The minimum atomic E-state index is -0.799. The van der Waals surface area contributed by atoms with Gasteiger partial charge < -0.3 is 11.1 Å². The van der Waals surface area contributed by atoms with Crippen LogP contribution in [0.25, 0.3) is 0 Å². The number of nitrogens with one attached hydrogen (secondary N) is 1. The summed E-state index contributed by atoms with van der Waals surface area (Å²) in [6.07, 6.45) is 3.60. The number of thioether (sulfide) groups is 1. The largest absolute Gasteiger partial charge is 0.325 e. The van der Waals surface area contributed by atoms with Crippen molar-refractivity contribution in [3.05, 3.63) is 24.3 Å². The Morgan fingerprint density at radius 3 is 2.47 bits per heavy atom. The smallest absolute Gasteiger partial charge is 0.244 e. The third-order valence-electron chi connectivity index (χ3n) is 2.64. The molecule has 1 amide bonds. The van der Waals surface area contributed by atoms with Crippen LogP contribution in [0.15, 0.2) is 29.2 Å². The summed E-state index contributed by atoms with van der Waals surface area (Å²) in [6.45, 7) is 3.79. The van der Waals surface area contributed by atoms with Gasteiger partial charge in [0.1, 0.15) is 0 Å². The molecule has 1 atom stereocenters. The van der Waals surface area contributed by atoms with E-state index in [9.17, 15) is 4.79 Å². The van der Waals surface area contributed by atoms with E-state index in [1.807, 2.05) is 37.4 Å². The number of carbonyl (C=O) groups is 1. The average molecular weight is 252 g/mol. The lowest BCUT2D eigenvalue weighted by atomic mass is 9.96. The van der Waals surface area contributed by atoms with E-state index in [0.717, 1.165) is 12.1 Å². The van der Waals surface area contributed by atoms with Gasteiger partial charge in [-0.25, -0.2) is 0 Å². The van der Waals surface area contributed by atoms with Gasteiger partial charge >= 0.3 is 0 Å². The minimum absolute atomic E-state index is 0.128. The Labute approximate surface area is 107 Å². The Balaban J connectivity index is 2.67. The predicted octanol–water partition coefficient (Wildman–Crippen LogP) is 2.86. The van der Waals surface area contributed by atoms with Crippen LogP contribution >= 0.6 is 11.8 Å². The molecule has 0 spiro atoms. The van der Waals surface area contributed by atoms with Crippen LogP contribution in [-0.2, 0) is 4.79 Å². The molecule has 0 bridgehead atoms. The molecule has 1 aromatic rings. The zero-order valence-corrected chi connectivity index (χ0v) is 11.4. The van der Waals surface area contributed by atoms with E-state index in [1.54, 1.807) is 18.7 Å². The molecule has 94 valence electrons. The van der Waals surface area contributed by atoms with Crippen LogP contribution in [0.1, 0.15) is 26.7 Å². The number of anilines is 1. The molecule has 0 fully saturated rings. The van der Waals surface area contributed by atoms with Gasteiger partial charge in [-0.2, -0.15) is 0 Å². The highest BCUT2D eigenvalue weighted by atomic mass is 32.2. The maximum atomic E-state index is 11.9. The minimum Gasteiger partial charge on any atom is -0.325 e. The summed E-state index contributed by atoms with van der Waals surface area (Å²) in [7, 11) is 0. The first-order valence-corrected chi connectivity index (χ1v) is 6.96. The van der Waals surface area contributed by atoms with E-state index in [0.29, 0.717) is 6.42 Å². The van der Waals surface area contributed by atoms with Gasteiger partial charge in [0.2, 0.25) is 5.91 Å². The van der Waals surface area contributed by atoms with Gasteiger partial charge in [-0.05, 0) is 43.9 Å². The van der Waals surface area contributed by atoms with Crippen LogP contribution in [0.2, 0.25) is 0 Å². The Bertz CT molecular complexity index is 374. The van der Waals surface area contributed by atoms with E-state index in [4.69, 9.17) is 5.73 Å². The van der Waals surface area contributed by atoms with E-state index in [2.05, 4.69) is 5.32 Å². The summed E-state index contributed by atoms with van der Waals surface area (Å²) in [6, 6.07) is 7.75. The van der Waals surface area contributed by atoms with Crippen LogP contribution in [0.3, 0.4) is 0 Å². The number of hydrogen-bond donors (Lipinski definition) is 2. The molecule has 4 heteroatoms. The van der Waals surface area contributed by atoms with Gasteiger partial charge in [0.25, 0.3) is 0 Å². The summed E-state index contributed by atoms with van der Waals surface area (Å²) in [5, 5.41) is 2.85. The van der Waals surface area contributed by atoms with Gasteiger partial charge in [0, 0.05) is 10.6 Å². The highest BCUT2D eigenvalue weighted by molar-refractivity contribution is 7.98. The second-order valence-electron chi connectivity index (χ2n) is 4.35. The zero-order chi connectivity index (χ0) is 12.9. The summed E-state index contributed by atoms with van der Waals surface area (Å²) in [4.78, 5) is 13.1. The van der Waals surface area contributed by atoms with E-state index in [1.165, 1.54) is 4.90 Å². The summed E-state index contributed by atoms with van der Waals surface area (Å²) < 4.78 is 0. The lowest BCUT2D eigenvalue weighted by Gasteiger charge is -2.22. The molecule has 0 radical (unpaired) electrons. The first-order valence-electron chi connectivity index (χ1n) is 5.74. The summed E-state index contributed by atoms with van der Waals surface area (Å²) >= 11 is 1.67. The van der Waals surface area contributed by atoms with Crippen molar-refractivity contribution in [1.29, 1.82) is 0 Å². The first kappa shape index (κ1) is 14.1. The predicted molar refractivity (Wildman–Crippen MR) is 74.4 cm³/mol. The van der Waals surface area contributed by atoms with Crippen LogP contribution < -0.4 is 11.1 Å². The van der Waals surface area contributed by atoms with Crippen LogP contribution in [0.4, 0.5) is 5.69 Å². The van der Waals surface area contributed by atoms with E-state index in [-0.39, 0.29) is 5.91 Å².